The van der Waals surface area contributed by atoms with Crippen molar-refractivity contribution in [3.8, 4) is 5.75 Å². The van der Waals surface area contributed by atoms with Crippen LogP contribution >= 0.6 is 0 Å². The van der Waals surface area contributed by atoms with Crippen LogP contribution in [0.15, 0.2) is 54.6 Å². The van der Waals surface area contributed by atoms with Crippen LogP contribution in [0.1, 0.15) is 24.5 Å². The summed E-state index contributed by atoms with van der Waals surface area (Å²) in [6.45, 7) is 7.77. The lowest BCUT2D eigenvalue weighted by Crippen LogP contribution is -2.24. The second-order valence-electron chi connectivity index (χ2n) is 6.94. The lowest BCUT2D eigenvalue weighted by molar-refractivity contribution is 0.199. The van der Waals surface area contributed by atoms with Gasteiger partial charge in [0.05, 0.1) is 0 Å². The highest BCUT2D eigenvalue weighted by Crippen LogP contribution is 2.25. The first-order valence-corrected chi connectivity index (χ1v) is 9.25. The van der Waals surface area contributed by atoms with Crippen LogP contribution in [0.25, 0.3) is 0 Å². The molecular formula is C22H31NO2. The maximum atomic E-state index is 9.35. The molecule has 0 saturated carbocycles. The topological polar surface area (TPSA) is 43.7 Å². The smallest absolute Gasteiger partial charge is 0.115 e. The highest BCUT2D eigenvalue weighted by molar-refractivity contribution is 5.26. The van der Waals surface area contributed by atoms with Crippen molar-refractivity contribution < 1.29 is 10.2 Å². The van der Waals surface area contributed by atoms with Gasteiger partial charge in [0.15, 0.2) is 0 Å². The monoisotopic (exact) mass is 341 g/mol. The van der Waals surface area contributed by atoms with Gasteiger partial charge in [-0.2, -0.15) is 0 Å². The van der Waals surface area contributed by atoms with E-state index in [0.29, 0.717) is 24.2 Å². The van der Waals surface area contributed by atoms with Gasteiger partial charge in [0, 0.05) is 26.2 Å². The van der Waals surface area contributed by atoms with Gasteiger partial charge >= 0.3 is 0 Å². The molecule has 3 heteroatoms. The molecule has 0 aliphatic carbocycles. The second-order valence-corrected chi connectivity index (χ2v) is 6.94. The number of hydrogen-bond acceptors (Lipinski definition) is 3. The fraction of sp³-hybridized carbons (Fsp3) is 0.455. The predicted octanol–water partition coefficient (Wildman–Crippen LogP) is 3.88. The fourth-order valence-electron chi connectivity index (χ4n) is 3.37. The van der Waals surface area contributed by atoms with E-state index in [-0.39, 0.29) is 0 Å². The Balaban J connectivity index is 0.000000269. The van der Waals surface area contributed by atoms with E-state index in [1.54, 1.807) is 12.1 Å². The molecule has 25 heavy (non-hydrogen) atoms. The molecule has 0 radical (unpaired) electrons. The van der Waals surface area contributed by atoms with E-state index in [0.717, 1.165) is 32.5 Å². The first kappa shape index (κ1) is 19.5. The van der Waals surface area contributed by atoms with Crippen LogP contribution in [0.2, 0.25) is 0 Å². The minimum Gasteiger partial charge on any atom is -0.508 e. The van der Waals surface area contributed by atoms with E-state index < -0.39 is 0 Å². The molecule has 0 spiro atoms. The third kappa shape index (κ3) is 6.52. The molecule has 1 aliphatic rings. The maximum absolute atomic E-state index is 9.35. The number of phenolic OH excluding ortho intramolecular Hbond substituents is 1. The molecule has 0 aromatic heterocycles. The van der Waals surface area contributed by atoms with Crippen LogP contribution in [-0.4, -0.2) is 41.4 Å². The number of aliphatic hydroxyl groups is 1. The highest BCUT2D eigenvalue weighted by Gasteiger charge is 2.30. The van der Waals surface area contributed by atoms with E-state index in [2.05, 4.69) is 30.9 Å². The van der Waals surface area contributed by atoms with Crippen molar-refractivity contribution in [3.63, 3.8) is 0 Å². The molecular weight excluding hydrogens is 310 g/mol. The number of aromatic hydroxyl groups is 1. The summed E-state index contributed by atoms with van der Waals surface area (Å²) in [5.41, 5.74) is 2.58. The Kier molecular flexibility index (Phi) is 7.96. The first-order chi connectivity index (χ1) is 12.1. The van der Waals surface area contributed by atoms with Crippen LogP contribution in [0, 0.1) is 18.8 Å². The van der Waals surface area contributed by atoms with Crippen LogP contribution in [-0.2, 0) is 6.42 Å². The molecule has 0 amide bonds. The van der Waals surface area contributed by atoms with Crippen molar-refractivity contribution in [2.75, 3.05) is 26.2 Å². The lowest BCUT2D eigenvalue weighted by atomic mass is 9.95. The Morgan fingerprint density at radius 3 is 2.08 bits per heavy atom. The molecule has 2 N–H and O–H groups in total. The Hall–Kier alpha value is -1.84. The molecule has 1 heterocycles. The molecule has 2 atom stereocenters. The third-order valence-corrected chi connectivity index (χ3v) is 5.00. The molecule has 1 saturated heterocycles. The van der Waals surface area contributed by atoms with E-state index >= 15 is 0 Å². The van der Waals surface area contributed by atoms with Crippen molar-refractivity contribution in [2.45, 2.75) is 26.7 Å². The Labute approximate surface area is 151 Å². The number of aryl methyl sites for hydroxylation is 1. The lowest BCUT2D eigenvalue weighted by Gasteiger charge is -2.15. The third-order valence-electron chi connectivity index (χ3n) is 5.00. The van der Waals surface area contributed by atoms with Gasteiger partial charge in [0.25, 0.3) is 0 Å². The number of hydrogen-bond donors (Lipinski definition) is 2. The average molecular weight is 341 g/mol. The summed E-state index contributed by atoms with van der Waals surface area (Å²) in [6.07, 6.45) is 2.16. The van der Waals surface area contributed by atoms with Gasteiger partial charge in [-0.15, -0.1) is 0 Å². The van der Waals surface area contributed by atoms with Crippen LogP contribution in [0.4, 0.5) is 0 Å². The van der Waals surface area contributed by atoms with Crippen molar-refractivity contribution in [1.82, 2.24) is 4.90 Å². The molecule has 0 bridgehead atoms. The maximum Gasteiger partial charge on any atom is 0.115 e. The van der Waals surface area contributed by atoms with Gasteiger partial charge < -0.3 is 15.1 Å². The van der Waals surface area contributed by atoms with E-state index in [9.17, 15) is 10.2 Å². The number of rotatable bonds is 5. The van der Waals surface area contributed by atoms with E-state index in [1.807, 2.05) is 30.3 Å². The molecule has 136 valence electrons. The Bertz CT molecular complexity index is 585. The normalized spacial score (nSPS) is 20.1. The zero-order chi connectivity index (χ0) is 18.1. The van der Waals surface area contributed by atoms with Crippen molar-refractivity contribution in [1.29, 1.82) is 0 Å². The largest absolute Gasteiger partial charge is 0.508 e. The molecule has 0 unspecified atom stereocenters. The zero-order valence-corrected chi connectivity index (χ0v) is 15.4. The minimum absolute atomic E-state index is 0.314. The molecule has 3 rings (SSSR count). The zero-order valence-electron chi connectivity index (χ0n) is 15.4. The highest BCUT2D eigenvalue weighted by atomic mass is 16.3. The van der Waals surface area contributed by atoms with Crippen molar-refractivity contribution >= 4 is 0 Å². The first-order valence-electron chi connectivity index (χ1n) is 9.25. The molecule has 1 fully saturated rings. The molecule has 2 aromatic carbocycles. The molecule has 1 aliphatic heterocycles. The standard InChI is InChI=1S/C15H23NO2.C7H8/c1-2-13-9-16(10-14(13)11-17)8-7-12-3-5-15(18)6-4-12;1-7-5-3-2-4-6-7/h3-6,13-14,17-18H,2,7-11H2,1H3;2-6H,1H3/t13-,14-;/m1./s1. The van der Waals surface area contributed by atoms with Gasteiger partial charge in [-0.05, 0) is 42.9 Å². The average Bonchev–Trinajstić information content (AvgIpc) is 3.05. The van der Waals surface area contributed by atoms with Gasteiger partial charge in [-0.1, -0.05) is 61.4 Å². The molecule has 2 aromatic rings. The predicted molar refractivity (Wildman–Crippen MR) is 104 cm³/mol. The van der Waals surface area contributed by atoms with E-state index in [1.165, 1.54) is 11.1 Å². The van der Waals surface area contributed by atoms with Crippen LogP contribution < -0.4 is 0 Å². The SMILES string of the molecule is CC[C@@H]1CN(CCc2ccc(O)cc2)C[C@@H]1CO.Cc1ccccc1. The van der Waals surface area contributed by atoms with Crippen LogP contribution in [0.3, 0.4) is 0 Å². The molecule has 3 nitrogen and oxygen atoms in total. The van der Waals surface area contributed by atoms with Gasteiger partial charge in [0.2, 0.25) is 0 Å². The van der Waals surface area contributed by atoms with Crippen LogP contribution in [0.5, 0.6) is 5.75 Å². The van der Waals surface area contributed by atoms with Crippen molar-refractivity contribution in [2.24, 2.45) is 11.8 Å². The quantitative estimate of drug-likeness (QED) is 0.867. The van der Waals surface area contributed by atoms with Gasteiger partial charge in [0.1, 0.15) is 5.75 Å². The Morgan fingerprint density at radius 2 is 1.60 bits per heavy atom. The summed E-state index contributed by atoms with van der Waals surface area (Å²) in [7, 11) is 0. The number of aliphatic hydroxyl groups excluding tert-OH is 1. The van der Waals surface area contributed by atoms with E-state index in [4.69, 9.17) is 0 Å². The van der Waals surface area contributed by atoms with Gasteiger partial charge in [-0.25, -0.2) is 0 Å². The summed E-state index contributed by atoms with van der Waals surface area (Å²) in [6, 6.07) is 17.7. The minimum atomic E-state index is 0.314. The number of likely N-dealkylation sites (tertiary alicyclic amines) is 1. The second kappa shape index (κ2) is 10.2. The Morgan fingerprint density at radius 1 is 0.960 bits per heavy atom. The summed E-state index contributed by atoms with van der Waals surface area (Å²) in [4.78, 5) is 2.45. The number of phenols is 1. The summed E-state index contributed by atoms with van der Waals surface area (Å²) in [5, 5.41) is 18.6. The van der Waals surface area contributed by atoms with Crippen molar-refractivity contribution in [3.05, 3.63) is 65.7 Å². The summed E-state index contributed by atoms with van der Waals surface area (Å²) in [5.74, 6) is 1.43. The number of nitrogens with zero attached hydrogens (tertiary/aromatic N) is 1. The van der Waals surface area contributed by atoms with Gasteiger partial charge in [-0.3, -0.25) is 0 Å². The summed E-state index contributed by atoms with van der Waals surface area (Å²) >= 11 is 0. The summed E-state index contributed by atoms with van der Waals surface area (Å²) < 4.78 is 0. The fourth-order valence-corrected chi connectivity index (χ4v) is 3.37. The number of benzene rings is 2.